The number of aliphatic hydroxyl groups excluding tert-OH is 1. The minimum absolute atomic E-state index is 0.194. The van der Waals surface area contributed by atoms with Gasteiger partial charge in [0.1, 0.15) is 5.82 Å². The number of rotatable bonds is 4. The van der Waals surface area contributed by atoms with Crippen molar-refractivity contribution in [3.8, 4) is 0 Å². The van der Waals surface area contributed by atoms with Crippen molar-refractivity contribution in [1.29, 1.82) is 0 Å². The molecule has 0 radical (unpaired) electrons. The van der Waals surface area contributed by atoms with E-state index < -0.39 is 0 Å². The Labute approximate surface area is 88.4 Å². The Morgan fingerprint density at radius 1 is 1.40 bits per heavy atom. The molecular formula is C11H15N3O. The predicted octanol–water partition coefficient (Wildman–Crippen LogP) is 0.718. The lowest BCUT2D eigenvalue weighted by Crippen LogP contribution is -2.07. The third-order valence-electron chi connectivity index (χ3n) is 2.47. The Morgan fingerprint density at radius 3 is 3.00 bits per heavy atom. The van der Waals surface area contributed by atoms with E-state index in [-0.39, 0.29) is 6.61 Å². The van der Waals surface area contributed by atoms with Crippen LogP contribution in [0.4, 0.5) is 0 Å². The van der Waals surface area contributed by atoms with Gasteiger partial charge in [0.05, 0.1) is 11.7 Å². The molecule has 4 heteroatoms. The molecule has 0 aromatic carbocycles. The van der Waals surface area contributed by atoms with Gasteiger partial charge < -0.3 is 10.8 Å². The highest BCUT2D eigenvalue weighted by Gasteiger charge is 2.05. The lowest BCUT2D eigenvalue weighted by molar-refractivity contribution is 0.287. The molecule has 3 N–H and O–H groups in total. The zero-order chi connectivity index (χ0) is 10.7. The first kappa shape index (κ1) is 10.1. The topological polar surface area (TPSA) is 63.5 Å². The van der Waals surface area contributed by atoms with Crippen molar-refractivity contribution in [3.63, 3.8) is 0 Å². The number of nitrogens with zero attached hydrogens (tertiary/aromatic N) is 2. The summed E-state index contributed by atoms with van der Waals surface area (Å²) in [5.41, 5.74) is 7.79. The van der Waals surface area contributed by atoms with E-state index >= 15 is 0 Å². The minimum atomic E-state index is 0.194. The lowest BCUT2D eigenvalue weighted by Gasteiger charge is -2.06. The summed E-state index contributed by atoms with van der Waals surface area (Å²) < 4.78 is 2.07. The normalized spacial score (nSPS) is 11.1. The van der Waals surface area contributed by atoms with E-state index in [0.29, 0.717) is 6.54 Å². The molecule has 80 valence electrons. The summed E-state index contributed by atoms with van der Waals surface area (Å²) >= 11 is 0. The minimum Gasteiger partial charge on any atom is -0.396 e. The maximum Gasteiger partial charge on any atom is 0.113 e. The second-order valence-electron chi connectivity index (χ2n) is 3.48. The average molecular weight is 205 g/mol. The summed E-state index contributed by atoms with van der Waals surface area (Å²) in [6.07, 6.45) is 3.35. The van der Waals surface area contributed by atoms with Gasteiger partial charge in [0.2, 0.25) is 0 Å². The molecule has 0 unspecified atom stereocenters. The number of hydrogen-bond acceptors (Lipinski definition) is 3. The molecule has 0 aliphatic rings. The van der Waals surface area contributed by atoms with E-state index in [1.807, 2.05) is 24.4 Å². The Hall–Kier alpha value is -1.39. The molecule has 2 aromatic rings. The molecule has 2 aromatic heterocycles. The van der Waals surface area contributed by atoms with Gasteiger partial charge in [-0.1, -0.05) is 6.07 Å². The van der Waals surface area contributed by atoms with Gasteiger partial charge in [-0.2, -0.15) is 0 Å². The number of hydrogen-bond donors (Lipinski definition) is 2. The molecule has 4 nitrogen and oxygen atoms in total. The lowest BCUT2D eigenvalue weighted by atomic mass is 10.3. The highest BCUT2D eigenvalue weighted by molar-refractivity contribution is 5.47. The van der Waals surface area contributed by atoms with Gasteiger partial charge in [-0.3, -0.25) is 4.40 Å². The number of nitrogens with two attached hydrogens (primary N) is 1. The van der Waals surface area contributed by atoms with Crippen LogP contribution < -0.4 is 5.73 Å². The summed E-state index contributed by atoms with van der Waals surface area (Å²) in [6, 6.07) is 5.99. The van der Waals surface area contributed by atoms with Crippen LogP contribution in [-0.4, -0.2) is 21.1 Å². The molecule has 0 bridgehead atoms. The van der Waals surface area contributed by atoms with E-state index in [4.69, 9.17) is 10.8 Å². The van der Waals surface area contributed by atoms with Crippen molar-refractivity contribution in [1.82, 2.24) is 9.38 Å². The number of fused-ring (bicyclic) bond motifs is 1. The zero-order valence-corrected chi connectivity index (χ0v) is 8.56. The first-order valence-corrected chi connectivity index (χ1v) is 5.12. The maximum absolute atomic E-state index is 8.80. The van der Waals surface area contributed by atoms with Crippen LogP contribution in [0.5, 0.6) is 0 Å². The highest BCUT2D eigenvalue weighted by atomic mass is 16.2. The van der Waals surface area contributed by atoms with Crippen molar-refractivity contribution in [2.75, 3.05) is 6.61 Å². The largest absolute Gasteiger partial charge is 0.396 e. The van der Waals surface area contributed by atoms with Crippen LogP contribution in [-0.2, 0) is 13.0 Å². The van der Waals surface area contributed by atoms with Crippen molar-refractivity contribution in [2.45, 2.75) is 19.4 Å². The predicted molar refractivity (Wildman–Crippen MR) is 58.5 cm³/mol. The molecule has 0 fully saturated rings. The van der Waals surface area contributed by atoms with Gasteiger partial charge in [-0.05, 0) is 18.6 Å². The maximum atomic E-state index is 8.80. The molecule has 0 aliphatic heterocycles. The summed E-state index contributed by atoms with van der Waals surface area (Å²) in [7, 11) is 0. The molecule has 15 heavy (non-hydrogen) atoms. The molecule has 0 spiro atoms. The fraction of sp³-hybridized carbons (Fsp3) is 0.364. The standard InChI is InChI=1S/C11H15N3O/c12-7-9-3-1-4-10-8-13-11(14(9)10)5-2-6-15/h1,3-4,8,15H,2,5-7,12H2. The van der Waals surface area contributed by atoms with E-state index in [1.54, 1.807) is 0 Å². The monoisotopic (exact) mass is 205 g/mol. The summed E-state index contributed by atoms with van der Waals surface area (Å²) in [5.74, 6) is 0.972. The number of aryl methyl sites for hydroxylation is 1. The fourth-order valence-electron chi connectivity index (χ4n) is 1.76. The number of aromatic nitrogens is 2. The van der Waals surface area contributed by atoms with Gasteiger partial charge >= 0.3 is 0 Å². The summed E-state index contributed by atoms with van der Waals surface area (Å²) in [4.78, 5) is 4.34. The number of aliphatic hydroxyl groups is 1. The molecule has 0 atom stereocenters. The van der Waals surface area contributed by atoms with Crippen LogP contribution in [0.3, 0.4) is 0 Å². The molecule has 2 rings (SSSR count). The average Bonchev–Trinajstić information content (AvgIpc) is 2.69. The van der Waals surface area contributed by atoms with Crippen molar-refractivity contribution < 1.29 is 5.11 Å². The van der Waals surface area contributed by atoms with Crippen molar-refractivity contribution in [2.24, 2.45) is 5.73 Å². The summed E-state index contributed by atoms with van der Waals surface area (Å²) in [6.45, 7) is 0.694. The van der Waals surface area contributed by atoms with Gasteiger partial charge in [0.25, 0.3) is 0 Å². The number of imidazole rings is 1. The third-order valence-corrected chi connectivity index (χ3v) is 2.47. The molecule has 0 amide bonds. The van der Waals surface area contributed by atoms with Gasteiger partial charge in [-0.15, -0.1) is 0 Å². The van der Waals surface area contributed by atoms with Crippen LogP contribution in [0.1, 0.15) is 17.9 Å². The second-order valence-corrected chi connectivity index (χ2v) is 3.48. The Kier molecular flexibility index (Phi) is 2.99. The molecule has 0 saturated carbocycles. The van der Waals surface area contributed by atoms with Gasteiger partial charge in [-0.25, -0.2) is 4.98 Å². The Bertz CT molecular complexity index is 450. The SMILES string of the molecule is NCc1cccc2cnc(CCCO)n12. The van der Waals surface area contributed by atoms with Crippen molar-refractivity contribution >= 4 is 5.52 Å². The van der Waals surface area contributed by atoms with E-state index in [9.17, 15) is 0 Å². The first-order valence-electron chi connectivity index (χ1n) is 5.12. The smallest absolute Gasteiger partial charge is 0.113 e. The fourth-order valence-corrected chi connectivity index (χ4v) is 1.76. The number of pyridine rings is 1. The van der Waals surface area contributed by atoms with Gasteiger partial charge in [0.15, 0.2) is 0 Å². The van der Waals surface area contributed by atoms with Crippen LogP contribution in [0.15, 0.2) is 24.4 Å². The summed E-state index contributed by atoms with van der Waals surface area (Å²) in [5, 5.41) is 8.80. The van der Waals surface area contributed by atoms with Crippen molar-refractivity contribution in [3.05, 3.63) is 35.9 Å². The van der Waals surface area contributed by atoms with Crippen LogP contribution in [0.2, 0.25) is 0 Å². The molecule has 0 aliphatic carbocycles. The van der Waals surface area contributed by atoms with Crippen LogP contribution in [0.25, 0.3) is 5.52 Å². The molecule has 0 saturated heterocycles. The highest BCUT2D eigenvalue weighted by Crippen LogP contribution is 2.11. The third kappa shape index (κ3) is 1.86. The van der Waals surface area contributed by atoms with E-state index in [0.717, 1.165) is 29.9 Å². The Morgan fingerprint density at radius 2 is 2.27 bits per heavy atom. The van der Waals surface area contributed by atoms with Crippen LogP contribution in [0, 0.1) is 0 Å². The second kappa shape index (κ2) is 4.42. The van der Waals surface area contributed by atoms with Crippen LogP contribution >= 0.6 is 0 Å². The zero-order valence-electron chi connectivity index (χ0n) is 8.56. The van der Waals surface area contributed by atoms with Gasteiger partial charge in [0, 0.05) is 25.3 Å². The van der Waals surface area contributed by atoms with E-state index in [2.05, 4.69) is 9.38 Å². The Balaban J connectivity index is 2.46. The molecular weight excluding hydrogens is 190 g/mol. The molecule has 2 heterocycles. The van der Waals surface area contributed by atoms with E-state index in [1.165, 1.54) is 0 Å². The quantitative estimate of drug-likeness (QED) is 0.773. The first-order chi connectivity index (χ1) is 7.36.